The van der Waals surface area contributed by atoms with Crippen molar-refractivity contribution in [2.45, 2.75) is 495 Å². The first-order chi connectivity index (χ1) is 46.0. The summed E-state index contributed by atoms with van der Waals surface area (Å²) in [6.07, 6.45) is 109. The number of esters is 1. The van der Waals surface area contributed by atoms with E-state index in [1.54, 1.807) is 6.08 Å². The van der Waals surface area contributed by atoms with E-state index >= 15 is 0 Å². The van der Waals surface area contributed by atoms with Crippen LogP contribution in [-0.4, -0.2) is 47.4 Å². The van der Waals surface area contributed by atoms with Gasteiger partial charge in [-0.15, -0.1) is 0 Å². The molecule has 93 heavy (non-hydrogen) atoms. The van der Waals surface area contributed by atoms with Crippen molar-refractivity contribution in [1.29, 1.82) is 0 Å². The SMILES string of the molecule is CCCCC/C=C\C/C=C\CCCCCCCCCCCC(=O)OCCCCCCCCCCCCCCCCCCCCCCCCCCCCCCCCCCCCCC(=O)NC(CO)C(O)/C=C/CCCCCCCCCCCCCCCCCCCCCC. The van der Waals surface area contributed by atoms with Crippen molar-refractivity contribution < 1.29 is 24.5 Å². The Morgan fingerprint density at radius 3 is 0.839 bits per heavy atom. The highest BCUT2D eigenvalue weighted by Gasteiger charge is 2.18. The Morgan fingerprint density at radius 1 is 0.301 bits per heavy atom. The van der Waals surface area contributed by atoms with Crippen molar-refractivity contribution in [2.24, 2.45) is 0 Å². The molecule has 0 aliphatic heterocycles. The Morgan fingerprint density at radius 2 is 0.538 bits per heavy atom. The second-order valence-corrected chi connectivity index (χ2v) is 29.5. The second kappa shape index (κ2) is 82.5. The number of rotatable bonds is 81. The number of carbonyl (C=O) groups is 2. The number of unbranched alkanes of at least 4 members (excludes halogenated alkanes) is 66. The molecule has 0 aromatic heterocycles. The van der Waals surface area contributed by atoms with E-state index in [2.05, 4.69) is 43.5 Å². The van der Waals surface area contributed by atoms with Crippen LogP contribution in [0, 0.1) is 0 Å². The summed E-state index contributed by atoms with van der Waals surface area (Å²) in [6, 6.07) is -0.625. The van der Waals surface area contributed by atoms with E-state index in [1.807, 2.05) is 6.08 Å². The summed E-state index contributed by atoms with van der Waals surface area (Å²) >= 11 is 0. The first-order valence-corrected chi connectivity index (χ1v) is 42.8. The average molecular weight is 1310 g/mol. The average Bonchev–Trinajstić information content (AvgIpc) is 3.65. The molecule has 0 aliphatic carbocycles. The minimum absolute atomic E-state index is 0.0195. The quantitative estimate of drug-likeness (QED) is 0.0320. The van der Waals surface area contributed by atoms with Crippen molar-refractivity contribution in [3.05, 3.63) is 36.5 Å². The molecule has 0 fully saturated rings. The van der Waals surface area contributed by atoms with Gasteiger partial charge in [-0.1, -0.05) is 442 Å². The van der Waals surface area contributed by atoms with E-state index in [1.165, 1.54) is 411 Å². The number of nitrogens with one attached hydrogen (secondary N) is 1. The van der Waals surface area contributed by atoms with Gasteiger partial charge >= 0.3 is 5.97 Å². The van der Waals surface area contributed by atoms with Gasteiger partial charge in [0.1, 0.15) is 0 Å². The summed E-state index contributed by atoms with van der Waals surface area (Å²) in [7, 11) is 0. The van der Waals surface area contributed by atoms with Gasteiger partial charge in [0, 0.05) is 12.8 Å². The number of aliphatic hydroxyl groups is 2. The van der Waals surface area contributed by atoms with Crippen LogP contribution in [0.3, 0.4) is 0 Å². The lowest BCUT2D eigenvalue weighted by Gasteiger charge is -2.20. The van der Waals surface area contributed by atoms with Crippen LogP contribution in [0.4, 0.5) is 0 Å². The van der Waals surface area contributed by atoms with Crippen LogP contribution in [0.25, 0.3) is 0 Å². The zero-order valence-corrected chi connectivity index (χ0v) is 63.3. The largest absolute Gasteiger partial charge is 0.466 e. The Kier molecular flexibility index (Phi) is 80.8. The Balaban J connectivity index is 3.33. The number of amides is 1. The predicted octanol–water partition coefficient (Wildman–Crippen LogP) is 28.6. The Bertz CT molecular complexity index is 1510. The summed E-state index contributed by atoms with van der Waals surface area (Å²) in [5.41, 5.74) is 0. The summed E-state index contributed by atoms with van der Waals surface area (Å²) in [6.45, 7) is 4.94. The fourth-order valence-electron chi connectivity index (χ4n) is 13.7. The molecule has 6 nitrogen and oxygen atoms in total. The highest BCUT2D eigenvalue weighted by Crippen LogP contribution is 2.21. The van der Waals surface area contributed by atoms with Crippen LogP contribution in [0.5, 0.6) is 0 Å². The highest BCUT2D eigenvalue weighted by atomic mass is 16.5. The topological polar surface area (TPSA) is 95.9 Å². The van der Waals surface area contributed by atoms with Crippen LogP contribution >= 0.6 is 0 Å². The van der Waals surface area contributed by atoms with Crippen molar-refractivity contribution in [1.82, 2.24) is 5.32 Å². The fourth-order valence-corrected chi connectivity index (χ4v) is 13.7. The number of hydrogen-bond donors (Lipinski definition) is 3. The first kappa shape index (κ1) is 91.1. The van der Waals surface area contributed by atoms with Crippen LogP contribution in [-0.2, 0) is 14.3 Å². The van der Waals surface area contributed by atoms with Crippen LogP contribution in [0.2, 0.25) is 0 Å². The molecule has 0 bridgehead atoms. The Hall–Kier alpha value is -1.92. The molecule has 6 heteroatoms. The zero-order valence-electron chi connectivity index (χ0n) is 63.3. The lowest BCUT2D eigenvalue weighted by Crippen LogP contribution is -2.45. The van der Waals surface area contributed by atoms with E-state index in [0.29, 0.717) is 19.4 Å². The molecule has 2 atom stereocenters. The lowest BCUT2D eigenvalue weighted by atomic mass is 10.0. The second-order valence-electron chi connectivity index (χ2n) is 29.5. The molecular weight excluding hydrogens is 1140 g/mol. The van der Waals surface area contributed by atoms with E-state index < -0.39 is 12.1 Å². The molecule has 2 unspecified atom stereocenters. The standard InChI is InChI=1S/C87H167NO5/c1-3-5-7-9-11-13-15-17-19-21-23-24-40-44-47-51-55-59-63-67-71-75-79-85(90)84(83-89)88-86(91)80-76-72-68-64-60-56-52-48-45-41-38-36-34-32-30-28-26-25-27-29-31-33-35-37-39-42-46-50-54-58-62-66-70-74-78-82-93-87(92)81-77-73-69-65-61-57-53-49-43-22-20-18-16-14-12-10-8-6-4-2/h12,14,18,20,75,79,84-85,89-90H,3-11,13,15-17,19,21-74,76-78,80-83H2,1-2H3,(H,88,91)/b14-12-,20-18-,79-75+. The fraction of sp³-hybridized carbons (Fsp3) is 0.908. The van der Waals surface area contributed by atoms with E-state index in [9.17, 15) is 19.8 Å². The van der Waals surface area contributed by atoms with Crippen LogP contribution in [0.1, 0.15) is 483 Å². The number of carbonyl (C=O) groups excluding carboxylic acids is 2. The molecule has 0 spiro atoms. The van der Waals surface area contributed by atoms with Crippen LogP contribution in [0.15, 0.2) is 36.5 Å². The van der Waals surface area contributed by atoms with Gasteiger partial charge < -0.3 is 20.3 Å². The van der Waals surface area contributed by atoms with E-state index in [0.717, 1.165) is 44.9 Å². The predicted molar refractivity (Wildman–Crippen MR) is 412 cm³/mol. The van der Waals surface area contributed by atoms with Gasteiger partial charge in [0.25, 0.3) is 0 Å². The summed E-state index contributed by atoms with van der Waals surface area (Å²) < 4.78 is 5.52. The van der Waals surface area contributed by atoms with Gasteiger partial charge in [0.05, 0.1) is 25.4 Å². The number of hydrogen-bond acceptors (Lipinski definition) is 5. The molecule has 0 aromatic rings. The van der Waals surface area contributed by atoms with Crippen molar-refractivity contribution in [3.8, 4) is 0 Å². The third-order valence-electron chi connectivity index (χ3n) is 20.2. The number of aliphatic hydroxyl groups excluding tert-OH is 2. The van der Waals surface area contributed by atoms with Gasteiger partial charge in [-0.3, -0.25) is 9.59 Å². The minimum atomic E-state index is -0.842. The number of ether oxygens (including phenoxy) is 1. The molecule has 0 heterocycles. The first-order valence-electron chi connectivity index (χ1n) is 42.8. The normalized spacial score (nSPS) is 12.6. The maximum absolute atomic E-state index is 12.6. The molecule has 0 saturated heterocycles. The van der Waals surface area contributed by atoms with E-state index in [4.69, 9.17) is 4.74 Å². The van der Waals surface area contributed by atoms with Crippen molar-refractivity contribution in [2.75, 3.05) is 13.2 Å². The molecule has 0 radical (unpaired) electrons. The van der Waals surface area contributed by atoms with E-state index in [-0.39, 0.29) is 18.5 Å². The molecule has 0 saturated carbocycles. The Labute approximate surface area is 583 Å². The zero-order chi connectivity index (χ0) is 67.0. The maximum Gasteiger partial charge on any atom is 0.305 e. The lowest BCUT2D eigenvalue weighted by molar-refractivity contribution is -0.143. The molecule has 1 amide bonds. The smallest absolute Gasteiger partial charge is 0.305 e. The summed E-state index contributed by atoms with van der Waals surface area (Å²) in [5.74, 6) is -0.0380. The van der Waals surface area contributed by atoms with Gasteiger partial charge in [0.15, 0.2) is 0 Å². The minimum Gasteiger partial charge on any atom is -0.466 e. The summed E-state index contributed by atoms with van der Waals surface area (Å²) in [5, 5.41) is 23.3. The third-order valence-corrected chi connectivity index (χ3v) is 20.2. The van der Waals surface area contributed by atoms with Gasteiger partial charge in [0.2, 0.25) is 5.91 Å². The highest BCUT2D eigenvalue weighted by molar-refractivity contribution is 5.76. The maximum atomic E-state index is 12.6. The number of allylic oxidation sites excluding steroid dienone is 5. The molecule has 3 N–H and O–H groups in total. The van der Waals surface area contributed by atoms with Crippen molar-refractivity contribution >= 4 is 11.9 Å². The molecule has 0 aliphatic rings. The van der Waals surface area contributed by atoms with Gasteiger partial charge in [-0.25, -0.2) is 0 Å². The molecule has 550 valence electrons. The van der Waals surface area contributed by atoms with Crippen LogP contribution < -0.4 is 5.32 Å². The molecule has 0 aromatic carbocycles. The third kappa shape index (κ3) is 79.0. The van der Waals surface area contributed by atoms with Crippen molar-refractivity contribution in [3.63, 3.8) is 0 Å². The summed E-state index contributed by atoms with van der Waals surface area (Å²) in [4.78, 5) is 24.7. The van der Waals surface area contributed by atoms with Gasteiger partial charge in [-0.05, 0) is 64.2 Å². The monoisotopic (exact) mass is 1310 g/mol. The molecule has 0 rings (SSSR count). The molecular formula is C87H167NO5. The van der Waals surface area contributed by atoms with Gasteiger partial charge in [-0.2, -0.15) is 0 Å².